The van der Waals surface area contributed by atoms with E-state index in [2.05, 4.69) is 24.1 Å². The molecule has 4 atom stereocenters. The van der Waals surface area contributed by atoms with E-state index < -0.39 is 0 Å². The lowest BCUT2D eigenvalue weighted by atomic mass is 9.87. The molecule has 2 aliphatic heterocycles. The molecule has 0 aromatic carbocycles. The van der Waals surface area contributed by atoms with E-state index in [1.807, 2.05) is 12.1 Å². The van der Waals surface area contributed by atoms with Crippen LogP contribution in [0.15, 0.2) is 22.8 Å². The summed E-state index contributed by atoms with van der Waals surface area (Å²) in [5.41, 5.74) is 0. The topological polar surface area (TPSA) is 45.5 Å². The van der Waals surface area contributed by atoms with Gasteiger partial charge in [0, 0.05) is 18.5 Å². The van der Waals surface area contributed by atoms with Crippen LogP contribution >= 0.6 is 0 Å². The van der Waals surface area contributed by atoms with Crippen LogP contribution in [-0.4, -0.2) is 29.9 Å². The van der Waals surface area contributed by atoms with Gasteiger partial charge in [-0.3, -0.25) is 4.79 Å². The second kappa shape index (κ2) is 6.22. The maximum Gasteiger partial charge on any atom is 0.226 e. The first-order valence-corrected chi connectivity index (χ1v) is 8.22. The van der Waals surface area contributed by atoms with Crippen LogP contribution in [0.5, 0.6) is 0 Å². The van der Waals surface area contributed by atoms with Gasteiger partial charge >= 0.3 is 0 Å². The van der Waals surface area contributed by atoms with Gasteiger partial charge in [-0.1, -0.05) is 6.92 Å². The quantitative estimate of drug-likeness (QED) is 0.911. The largest absolute Gasteiger partial charge is 0.467 e. The smallest absolute Gasteiger partial charge is 0.226 e. The number of carbonyl (C=O) groups excluding carboxylic acids is 1. The number of rotatable bonds is 2. The maximum absolute atomic E-state index is 13.0. The zero-order valence-electron chi connectivity index (χ0n) is 13.0. The van der Waals surface area contributed by atoms with Crippen LogP contribution in [0.3, 0.4) is 0 Å². The Balaban J connectivity index is 1.76. The minimum absolute atomic E-state index is 0.126. The zero-order chi connectivity index (χ0) is 14.8. The van der Waals surface area contributed by atoms with Gasteiger partial charge < -0.3 is 14.6 Å². The molecule has 2 fully saturated rings. The monoisotopic (exact) mass is 290 g/mol. The molecule has 116 valence electrons. The Bertz CT molecular complexity index is 471. The van der Waals surface area contributed by atoms with Crippen molar-refractivity contribution in [2.75, 3.05) is 13.1 Å². The van der Waals surface area contributed by atoms with Gasteiger partial charge in [0.2, 0.25) is 5.91 Å². The van der Waals surface area contributed by atoms with E-state index in [4.69, 9.17) is 4.42 Å². The van der Waals surface area contributed by atoms with Gasteiger partial charge in [0.1, 0.15) is 5.76 Å². The molecule has 0 radical (unpaired) electrons. The van der Waals surface area contributed by atoms with Crippen LogP contribution in [0.1, 0.15) is 51.3 Å². The highest BCUT2D eigenvalue weighted by Crippen LogP contribution is 2.36. The van der Waals surface area contributed by atoms with Crippen molar-refractivity contribution in [1.82, 2.24) is 10.2 Å². The molecular weight excluding hydrogens is 264 g/mol. The molecule has 0 aliphatic carbocycles. The van der Waals surface area contributed by atoms with Crippen molar-refractivity contribution in [3.63, 3.8) is 0 Å². The van der Waals surface area contributed by atoms with Gasteiger partial charge in [-0.05, 0) is 57.2 Å². The van der Waals surface area contributed by atoms with Crippen molar-refractivity contribution in [3.8, 4) is 0 Å². The molecule has 2 unspecified atom stereocenters. The lowest BCUT2D eigenvalue weighted by Crippen LogP contribution is -2.47. The van der Waals surface area contributed by atoms with E-state index in [-0.39, 0.29) is 12.0 Å². The second-order valence-corrected chi connectivity index (χ2v) is 6.77. The van der Waals surface area contributed by atoms with E-state index in [1.54, 1.807) is 6.26 Å². The number of hydrogen-bond donors (Lipinski definition) is 1. The molecule has 0 bridgehead atoms. The number of amides is 1. The van der Waals surface area contributed by atoms with Crippen LogP contribution in [0, 0.1) is 11.8 Å². The highest BCUT2D eigenvalue weighted by Gasteiger charge is 2.36. The van der Waals surface area contributed by atoms with Gasteiger partial charge in [0.25, 0.3) is 0 Å². The van der Waals surface area contributed by atoms with Gasteiger partial charge in [0.15, 0.2) is 0 Å². The van der Waals surface area contributed by atoms with E-state index in [1.165, 1.54) is 0 Å². The molecule has 3 rings (SSSR count). The third-order valence-electron chi connectivity index (χ3n) is 4.99. The van der Waals surface area contributed by atoms with Crippen molar-refractivity contribution in [1.29, 1.82) is 0 Å². The lowest BCUT2D eigenvalue weighted by Gasteiger charge is -2.40. The number of hydrogen-bond acceptors (Lipinski definition) is 3. The Hall–Kier alpha value is -1.29. The Kier molecular flexibility index (Phi) is 4.34. The number of furan rings is 1. The van der Waals surface area contributed by atoms with Crippen molar-refractivity contribution in [2.45, 2.75) is 51.6 Å². The van der Waals surface area contributed by atoms with Crippen LogP contribution in [0.4, 0.5) is 0 Å². The fourth-order valence-corrected chi connectivity index (χ4v) is 3.75. The summed E-state index contributed by atoms with van der Waals surface area (Å²) >= 11 is 0. The lowest BCUT2D eigenvalue weighted by molar-refractivity contribution is -0.142. The van der Waals surface area contributed by atoms with Crippen LogP contribution in [0.25, 0.3) is 0 Å². The van der Waals surface area contributed by atoms with Crippen molar-refractivity contribution in [3.05, 3.63) is 24.2 Å². The minimum atomic E-state index is 0.126. The van der Waals surface area contributed by atoms with Gasteiger partial charge in [-0.25, -0.2) is 0 Å². The fraction of sp³-hybridized carbons (Fsp3) is 0.706. The van der Waals surface area contributed by atoms with Crippen LogP contribution in [0.2, 0.25) is 0 Å². The molecule has 1 aromatic heterocycles. The van der Waals surface area contributed by atoms with Gasteiger partial charge in [-0.15, -0.1) is 0 Å². The molecule has 0 saturated carbocycles. The molecule has 1 amide bonds. The molecule has 1 N–H and O–H groups in total. The average Bonchev–Trinajstić information content (AvgIpc) is 3.00. The summed E-state index contributed by atoms with van der Waals surface area (Å²) in [5, 5.41) is 3.43. The summed E-state index contributed by atoms with van der Waals surface area (Å²) in [6, 6.07) is 4.50. The summed E-state index contributed by atoms with van der Waals surface area (Å²) < 4.78 is 5.60. The molecule has 1 aromatic rings. The Labute approximate surface area is 126 Å². The normalized spacial score (nSPS) is 33.9. The number of likely N-dealkylation sites (tertiary alicyclic amines) is 1. The zero-order valence-corrected chi connectivity index (χ0v) is 13.0. The predicted octanol–water partition coefficient (Wildman–Crippen LogP) is 2.97. The number of carbonyl (C=O) groups is 1. The minimum Gasteiger partial charge on any atom is -0.467 e. The molecule has 21 heavy (non-hydrogen) atoms. The fourth-order valence-electron chi connectivity index (χ4n) is 3.75. The Morgan fingerprint density at radius 1 is 1.33 bits per heavy atom. The molecule has 0 spiro atoms. The average molecular weight is 290 g/mol. The second-order valence-electron chi connectivity index (χ2n) is 6.77. The molecule has 2 saturated heterocycles. The third-order valence-corrected chi connectivity index (χ3v) is 4.99. The van der Waals surface area contributed by atoms with Gasteiger partial charge in [0.05, 0.1) is 12.3 Å². The maximum atomic E-state index is 13.0. The van der Waals surface area contributed by atoms with E-state index in [0.29, 0.717) is 17.9 Å². The third kappa shape index (κ3) is 3.15. The predicted molar refractivity (Wildman–Crippen MR) is 81.7 cm³/mol. The molecule has 4 heteroatoms. The summed E-state index contributed by atoms with van der Waals surface area (Å²) in [6.45, 7) is 6.25. The Morgan fingerprint density at radius 2 is 2.19 bits per heavy atom. The molecule has 2 aliphatic rings. The van der Waals surface area contributed by atoms with Gasteiger partial charge in [-0.2, -0.15) is 0 Å². The number of piperidine rings is 2. The molecular formula is C17H26N2O2. The molecule has 4 nitrogen and oxygen atoms in total. The van der Waals surface area contributed by atoms with Crippen molar-refractivity contribution < 1.29 is 9.21 Å². The first-order chi connectivity index (χ1) is 10.1. The molecule has 3 heterocycles. The number of nitrogens with one attached hydrogen (secondary N) is 1. The summed E-state index contributed by atoms with van der Waals surface area (Å²) in [5.74, 6) is 2.09. The van der Waals surface area contributed by atoms with Crippen LogP contribution in [-0.2, 0) is 4.79 Å². The highest BCUT2D eigenvalue weighted by atomic mass is 16.3. The standard InChI is InChI=1S/C17H26N2O2/c1-12-6-8-19(15(10-12)16-4-3-9-21-16)17(20)14-5-7-18-13(2)11-14/h3-4,9,12-15,18H,5-8,10-11H2,1-2H3/t12?,13-,14-,15?/m0/s1. The Morgan fingerprint density at radius 3 is 2.90 bits per heavy atom. The van der Waals surface area contributed by atoms with E-state index in [0.717, 1.165) is 44.5 Å². The van der Waals surface area contributed by atoms with E-state index >= 15 is 0 Å². The first-order valence-electron chi connectivity index (χ1n) is 8.22. The SMILES string of the molecule is CC1CCN(C(=O)[C@H]2CCN[C@@H](C)C2)C(c2ccco2)C1. The van der Waals surface area contributed by atoms with Crippen molar-refractivity contribution >= 4 is 5.91 Å². The summed E-state index contributed by atoms with van der Waals surface area (Å²) in [6.07, 6.45) is 5.74. The first kappa shape index (κ1) is 14.6. The highest BCUT2D eigenvalue weighted by molar-refractivity contribution is 5.79. The summed E-state index contributed by atoms with van der Waals surface area (Å²) in [4.78, 5) is 15.1. The summed E-state index contributed by atoms with van der Waals surface area (Å²) in [7, 11) is 0. The number of nitrogens with zero attached hydrogens (tertiary/aromatic N) is 1. The van der Waals surface area contributed by atoms with E-state index in [9.17, 15) is 4.79 Å². The van der Waals surface area contributed by atoms with Crippen LogP contribution < -0.4 is 5.32 Å². The van der Waals surface area contributed by atoms with Crippen molar-refractivity contribution in [2.24, 2.45) is 11.8 Å².